The molecule has 0 radical (unpaired) electrons. The zero-order valence-electron chi connectivity index (χ0n) is 17.3. The molecule has 0 spiro atoms. The molecule has 1 heterocycles. The zero-order valence-corrected chi connectivity index (χ0v) is 18.9. The molecule has 0 aliphatic rings. The predicted octanol–water partition coefficient (Wildman–Crippen LogP) is 4.97. The minimum atomic E-state index is -0.525. The number of benzene rings is 2. The lowest BCUT2D eigenvalue weighted by Crippen LogP contribution is -2.11. The largest absolute Gasteiger partial charge is 0.479 e. The van der Waals surface area contributed by atoms with Gasteiger partial charge in [0.2, 0.25) is 6.54 Å². The van der Waals surface area contributed by atoms with Crippen molar-refractivity contribution in [2.24, 2.45) is 0 Å². The van der Waals surface area contributed by atoms with Gasteiger partial charge in [0.1, 0.15) is 23.4 Å². The van der Waals surface area contributed by atoms with Gasteiger partial charge in [0.05, 0.1) is 5.02 Å². The van der Waals surface area contributed by atoms with Crippen molar-refractivity contribution in [3.05, 3.63) is 74.0 Å². The highest BCUT2D eigenvalue weighted by Crippen LogP contribution is 2.38. The maximum Gasteiger partial charge on any atom is 0.220 e. The van der Waals surface area contributed by atoms with Crippen molar-refractivity contribution in [2.45, 2.75) is 31.2 Å². The molecule has 0 saturated carbocycles. The van der Waals surface area contributed by atoms with E-state index < -0.39 is 5.25 Å². The molecule has 160 valence electrons. The Morgan fingerprint density at radius 3 is 2.65 bits per heavy atom. The monoisotopic (exact) mass is 456 g/mol. The minimum Gasteiger partial charge on any atom is -0.479 e. The highest BCUT2D eigenvalue weighted by molar-refractivity contribution is 7.99. The van der Waals surface area contributed by atoms with Crippen molar-refractivity contribution >= 4 is 23.4 Å². The molecule has 0 aliphatic heterocycles. The lowest BCUT2D eigenvalue weighted by atomic mass is 10.1. The van der Waals surface area contributed by atoms with Crippen LogP contribution in [0.5, 0.6) is 5.75 Å². The van der Waals surface area contributed by atoms with E-state index >= 15 is 0 Å². The molecular weight excluding hydrogens is 436 g/mol. The number of nitro groups is 1. The maximum atomic E-state index is 11.4. The van der Waals surface area contributed by atoms with E-state index in [-0.39, 0.29) is 18.1 Å². The van der Waals surface area contributed by atoms with E-state index in [1.807, 2.05) is 43.5 Å². The van der Waals surface area contributed by atoms with Gasteiger partial charge in [-0.3, -0.25) is 14.7 Å². The lowest BCUT2D eigenvalue weighted by Gasteiger charge is -2.16. The van der Waals surface area contributed by atoms with Gasteiger partial charge in [-0.1, -0.05) is 41.4 Å². The Morgan fingerprint density at radius 2 is 2.00 bits per heavy atom. The van der Waals surface area contributed by atoms with Crippen LogP contribution in [0, 0.1) is 43.2 Å². The molecule has 0 amide bonds. The Morgan fingerprint density at radius 1 is 1.23 bits per heavy atom. The molecule has 1 aromatic heterocycles. The molecule has 0 N–H and O–H groups in total. The fourth-order valence-electron chi connectivity index (χ4n) is 3.01. The first-order valence-corrected chi connectivity index (χ1v) is 10.7. The summed E-state index contributed by atoms with van der Waals surface area (Å²) >= 11 is 7.58. The van der Waals surface area contributed by atoms with Crippen LogP contribution in [-0.4, -0.2) is 32.8 Å². The highest BCUT2D eigenvalue weighted by atomic mass is 35.5. The normalized spacial score (nSPS) is 11.7. The second-order valence-corrected chi connectivity index (χ2v) is 8.52. The second-order valence-electron chi connectivity index (χ2n) is 6.94. The van der Waals surface area contributed by atoms with Gasteiger partial charge >= 0.3 is 0 Å². The summed E-state index contributed by atoms with van der Waals surface area (Å²) in [5.41, 5.74) is 3.91. The van der Waals surface area contributed by atoms with Gasteiger partial charge in [-0.05, 0) is 61.7 Å². The Bertz CT molecular complexity index is 1160. The first kappa shape index (κ1) is 22.7. The van der Waals surface area contributed by atoms with Crippen LogP contribution in [-0.2, 0) is 0 Å². The number of thioether (sulfide) groups is 1. The number of rotatable bonds is 8. The molecule has 3 aromatic rings. The van der Waals surface area contributed by atoms with Crippen molar-refractivity contribution in [1.29, 1.82) is 0 Å². The molecule has 0 aliphatic carbocycles. The number of nitrogens with zero attached hydrogens (tertiary/aromatic N) is 4. The topological polar surface area (TPSA) is 83.1 Å². The summed E-state index contributed by atoms with van der Waals surface area (Å²) in [5.74, 6) is 3.51. The van der Waals surface area contributed by atoms with Crippen molar-refractivity contribution in [2.75, 3.05) is 13.2 Å². The molecule has 1 atom stereocenters. The standard InChI is InChI=1S/C22H21ClN4O3S/c1-5-10-30-20-9-7-17(12-19(20)23)21(13-26(28)29)31-22-25-24-16(4)27(22)18-8-6-14(2)15(3)11-18/h1,6-9,11-12,21H,10,13H2,2-4H3/t21-/m0/s1. The third-order valence-electron chi connectivity index (χ3n) is 4.75. The number of terminal acetylenes is 1. The van der Waals surface area contributed by atoms with E-state index in [0.29, 0.717) is 27.3 Å². The second kappa shape index (κ2) is 9.86. The average Bonchev–Trinajstić information content (AvgIpc) is 3.08. The number of aryl methyl sites for hydroxylation is 3. The molecule has 31 heavy (non-hydrogen) atoms. The quantitative estimate of drug-likeness (QED) is 0.206. The molecule has 2 aromatic carbocycles. The van der Waals surface area contributed by atoms with Gasteiger partial charge in [0.25, 0.3) is 0 Å². The first-order chi connectivity index (χ1) is 14.8. The Balaban J connectivity index is 1.96. The number of ether oxygens (including phenoxy) is 1. The molecule has 9 heteroatoms. The molecule has 3 rings (SSSR count). The van der Waals surface area contributed by atoms with E-state index in [1.54, 1.807) is 18.2 Å². The Kier molecular flexibility index (Phi) is 7.21. The number of halogens is 1. The molecule has 0 saturated heterocycles. The SMILES string of the molecule is C#CCOc1ccc([C@H](C[N+](=O)[O-])Sc2nnc(C)n2-c2ccc(C)c(C)c2)cc1Cl. The van der Waals surface area contributed by atoms with Crippen LogP contribution in [0.1, 0.15) is 27.8 Å². The predicted molar refractivity (Wildman–Crippen MR) is 122 cm³/mol. The average molecular weight is 457 g/mol. The van der Waals surface area contributed by atoms with Gasteiger partial charge in [0, 0.05) is 10.6 Å². The van der Waals surface area contributed by atoms with Gasteiger partial charge in [-0.15, -0.1) is 16.6 Å². The number of aromatic nitrogens is 3. The van der Waals surface area contributed by atoms with Crippen LogP contribution in [0.2, 0.25) is 5.02 Å². The Labute approximate surface area is 189 Å². The fourth-order valence-corrected chi connectivity index (χ4v) is 4.42. The van der Waals surface area contributed by atoms with E-state index in [0.717, 1.165) is 11.3 Å². The number of hydrogen-bond donors (Lipinski definition) is 0. The molecule has 0 fully saturated rings. The summed E-state index contributed by atoms with van der Waals surface area (Å²) < 4.78 is 7.28. The van der Waals surface area contributed by atoms with Crippen molar-refractivity contribution in [3.63, 3.8) is 0 Å². The van der Waals surface area contributed by atoms with Crippen LogP contribution in [0.4, 0.5) is 0 Å². The summed E-state index contributed by atoms with van der Waals surface area (Å²) in [6, 6.07) is 11.1. The summed E-state index contributed by atoms with van der Waals surface area (Å²) in [4.78, 5) is 11.0. The van der Waals surface area contributed by atoms with Gasteiger partial charge < -0.3 is 4.74 Å². The molecule has 0 unspecified atom stereocenters. The van der Waals surface area contributed by atoms with E-state index in [4.69, 9.17) is 22.8 Å². The number of hydrogen-bond acceptors (Lipinski definition) is 6. The third-order valence-corrected chi connectivity index (χ3v) is 6.22. The van der Waals surface area contributed by atoms with Crippen molar-refractivity contribution in [1.82, 2.24) is 14.8 Å². The summed E-state index contributed by atoms with van der Waals surface area (Å²) in [6.45, 7) is 5.71. The van der Waals surface area contributed by atoms with E-state index in [2.05, 4.69) is 16.1 Å². The van der Waals surface area contributed by atoms with Gasteiger partial charge in [0.15, 0.2) is 5.16 Å². The van der Waals surface area contributed by atoms with Crippen LogP contribution in [0.15, 0.2) is 41.6 Å². The summed E-state index contributed by atoms with van der Waals surface area (Å²) in [7, 11) is 0. The molecular formula is C22H21ClN4O3S. The van der Waals surface area contributed by atoms with Gasteiger partial charge in [-0.2, -0.15) is 0 Å². The zero-order chi connectivity index (χ0) is 22.5. The van der Waals surface area contributed by atoms with E-state index in [1.165, 1.54) is 17.3 Å². The Hall–Kier alpha value is -3.02. The van der Waals surface area contributed by atoms with Crippen LogP contribution in [0.25, 0.3) is 5.69 Å². The van der Waals surface area contributed by atoms with Crippen LogP contribution in [0.3, 0.4) is 0 Å². The van der Waals surface area contributed by atoms with E-state index in [9.17, 15) is 10.1 Å². The molecule has 7 nitrogen and oxygen atoms in total. The third kappa shape index (κ3) is 5.37. The first-order valence-electron chi connectivity index (χ1n) is 9.44. The van der Waals surface area contributed by atoms with Crippen molar-refractivity contribution < 1.29 is 9.66 Å². The maximum absolute atomic E-state index is 11.4. The van der Waals surface area contributed by atoms with Gasteiger partial charge in [-0.25, -0.2) is 0 Å². The highest BCUT2D eigenvalue weighted by Gasteiger charge is 2.24. The summed E-state index contributed by atoms with van der Waals surface area (Å²) in [6.07, 6.45) is 5.22. The lowest BCUT2D eigenvalue weighted by molar-refractivity contribution is -0.479. The minimum absolute atomic E-state index is 0.0878. The summed E-state index contributed by atoms with van der Waals surface area (Å²) in [5, 5.41) is 20.2. The van der Waals surface area contributed by atoms with Crippen molar-refractivity contribution in [3.8, 4) is 23.8 Å². The fraction of sp³-hybridized carbons (Fsp3) is 0.273. The smallest absolute Gasteiger partial charge is 0.220 e. The van der Waals surface area contributed by atoms with Crippen LogP contribution >= 0.6 is 23.4 Å². The van der Waals surface area contributed by atoms with Crippen LogP contribution < -0.4 is 4.74 Å². The molecule has 0 bridgehead atoms.